The molecule has 0 unspecified atom stereocenters. The number of benzene rings is 2. The highest BCUT2D eigenvalue weighted by atomic mass is 19.1. The summed E-state index contributed by atoms with van der Waals surface area (Å²) >= 11 is 0. The Bertz CT molecular complexity index is 855. The van der Waals surface area contributed by atoms with Gasteiger partial charge < -0.3 is 4.98 Å². The Morgan fingerprint density at radius 2 is 1.90 bits per heavy atom. The van der Waals surface area contributed by atoms with Gasteiger partial charge in [-0.1, -0.05) is 24.3 Å². The molecular weight excluding hydrogens is 271 g/mol. The number of nitrogens with zero attached hydrogens (tertiary/aromatic N) is 2. The van der Waals surface area contributed by atoms with Crippen molar-refractivity contribution in [2.45, 2.75) is 0 Å². The maximum absolute atomic E-state index is 12.8. The molecule has 1 heterocycles. The summed E-state index contributed by atoms with van der Waals surface area (Å²) in [7, 11) is 0. The number of aromatic amines is 1. The number of hydrogen-bond acceptors (Lipinski definition) is 4. The van der Waals surface area contributed by atoms with Gasteiger partial charge in [-0.3, -0.25) is 10.2 Å². The highest BCUT2D eigenvalue weighted by molar-refractivity contribution is 5.80. The number of hydrazone groups is 1. The summed E-state index contributed by atoms with van der Waals surface area (Å²) in [6.07, 6.45) is 1.48. The van der Waals surface area contributed by atoms with Crippen LogP contribution < -0.4 is 11.0 Å². The molecule has 2 N–H and O–H groups in total. The van der Waals surface area contributed by atoms with Crippen LogP contribution in [0, 0.1) is 5.82 Å². The molecule has 0 saturated heterocycles. The lowest BCUT2D eigenvalue weighted by atomic mass is 10.2. The molecule has 0 spiro atoms. The SMILES string of the molecule is O=c1[nH]c2ccccc2nc1N/N=C\c1ccc(F)cc1. The topological polar surface area (TPSA) is 70.1 Å². The van der Waals surface area contributed by atoms with Gasteiger partial charge in [-0.05, 0) is 29.8 Å². The molecule has 1 aromatic heterocycles. The third kappa shape index (κ3) is 2.94. The molecule has 0 saturated carbocycles. The summed E-state index contributed by atoms with van der Waals surface area (Å²) in [5.74, 6) is -0.209. The van der Waals surface area contributed by atoms with Gasteiger partial charge in [-0.2, -0.15) is 5.10 Å². The number of nitrogens with one attached hydrogen (secondary N) is 2. The number of H-pyrrole nitrogens is 1. The van der Waals surface area contributed by atoms with Gasteiger partial charge in [-0.25, -0.2) is 9.37 Å². The van der Waals surface area contributed by atoms with Crippen LogP contribution in [0.4, 0.5) is 10.2 Å². The second-order valence-corrected chi connectivity index (χ2v) is 4.35. The third-order valence-corrected chi connectivity index (χ3v) is 2.85. The molecule has 3 rings (SSSR count). The highest BCUT2D eigenvalue weighted by Crippen LogP contribution is 2.08. The van der Waals surface area contributed by atoms with Crippen molar-refractivity contribution in [1.29, 1.82) is 0 Å². The lowest BCUT2D eigenvalue weighted by Gasteiger charge is -2.01. The lowest BCUT2D eigenvalue weighted by Crippen LogP contribution is -2.13. The van der Waals surface area contributed by atoms with E-state index in [9.17, 15) is 9.18 Å². The van der Waals surface area contributed by atoms with E-state index in [2.05, 4.69) is 20.5 Å². The zero-order valence-electron chi connectivity index (χ0n) is 10.9. The number of para-hydroxylation sites is 2. The van der Waals surface area contributed by atoms with Crippen LogP contribution in [-0.2, 0) is 0 Å². The Balaban J connectivity index is 1.83. The standard InChI is InChI=1S/C15H11FN4O/c16-11-7-5-10(6-8-11)9-17-20-14-15(21)19-13-4-2-1-3-12(13)18-14/h1-9H,(H,18,20)(H,19,21)/b17-9-. The zero-order valence-corrected chi connectivity index (χ0v) is 10.9. The smallest absolute Gasteiger partial charge is 0.293 e. The van der Waals surface area contributed by atoms with E-state index < -0.39 is 0 Å². The molecule has 6 heteroatoms. The monoisotopic (exact) mass is 282 g/mol. The van der Waals surface area contributed by atoms with Crippen molar-refractivity contribution in [1.82, 2.24) is 9.97 Å². The van der Waals surface area contributed by atoms with Crippen molar-refractivity contribution >= 4 is 23.1 Å². The van der Waals surface area contributed by atoms with E-state index in [4.69, 9.17) is 0 Å². The van der Waals surface area contributed by atoms with Crippen LogP contribution in [-0.4, -0.2) is 16.2 Å². The van der Waals surface area contributed by atoms with Gasteiger partial charge in [0.25, 0.3) is 5.56 Å². The second-order valence-electron chi connectivity index (χ2n) is 4.35. The van der Waals surface area contributed by atoms with Crippen LogP contribution in [0.1, 0.15) is 5.56 Å². The molecule has 0 aliphatic carbocycles. The molecule has 0 radical (unpaired) electrons. The minimum absolute atomic E-state index is 0.104. The molecule has 0 aliphatic rings. The zero-order chi connectivity index (χ0) is 14.7. The molecule has 0 aliphatic heterocycles. The van der Waals surface area contributed by atoms with E-state index in [0.717, 1.165) is 0 Å². The molecule has 0 amide bonds. The second kappa shape index (κ2) is 5.54. The Labute approximate surface area is 119 Å². The number of hydrogen-bond donors (Lipinski definition) is 2. The van der Waals surface area contributed by atoms with Gasteiger partial charge in [0, 0.05) is 0 Å². The van der Waals surface area contributed by atoms with Gasteiger partial charge >= 0.3 is 0 Å². The third-order valence-electron chi connectivity index (χ3n) is 2.85. The molecule has 5 nitrogen and oxygen atoms in total. The van der Waals surface area contributed by atoms with E-state index >= 15 is 0 Å². The van der Waals surface area contributed by atoms with E-state index in [1.54, 1.807) is 24.3 Å². The molecule has 2 aromatic carbocycles. The van der Waals surface area contributed by atoms with E-state index in [1.807, 2.05) is 12.1 Å². The predicted octanol–water partition coefficient (Wildman–Crippen LogP) is 2.51. The number of rotatable bonds is 3. The molecule has 104 valence electrons. The maximum atomic E-state index is 12.8. The van der Waals surface area contributed by atoms with Crippen LogP contribution in [0.2, 0.25) is 0 Å². The fourth-order valence-electron chi connectivity index (χ4n) is 1.82. The summed E-state index contributed by atoms with van der Waals surface area (Å²) in [4.78, 5) is 18.7. The number of halogens is 1. The summed E-state index contributed by atoms with van der Waals surface area (Å²) in [5.41, 5.74) is 4.27. The first-order valence-corrected chi connectivity index (χ1v) is 6.26. The fraction of sp³-hybridized carbons (Fsp3) is 0. The lowest BCUT2D eigenvalue weighted by molar-refractivity contribution is 0.628. The first kappa shape index (κ1) is 13.0. The van der Waals surface area contributed by atoms with Gasteiger partial charge in [0.1, 0.15) is 5.82 Å². The fourth-order valence-corrected chi connectivity index (χ4v) is 1.82. The van der Waals surface area contributed by atoms with Crippen LogP contribution in [0.25, 0.3) is 11.0 Å². The Kier molecular flexibility index (Phi) is 3.42. The van der Waals surface area contributed by atoms with Crippen molar-refractivity contribution in [3.63, 3.8) is 0 Å². The molecular formula is C15H11FN4O. The van der Waals surface area contributed by atoms with Gasteiger partial charge in [0.05, 0.1) is 17.2 Å². The first-order valence-electron chi connectivity index (χ1n) is 6.26. The number of aromatic nitrogens is 2. The van der Waals surface area contributed by atoms with Crippen LogP contribution in [0.15, 0.2) is 58.4 Å². The Hall–Kier alpha value is -3.02. The van der Waals surface area contributed by atoms with E-state index in [1.165, 1.54) is 18.3 Å². The molecule has 3 aromatic rings. The molecule has 0 atom stereocenters. The summed E-state index contributed by atoms with van der Waals surface area (Å²) in [6, 6.07) is 13.1. The van der Waals surface area contributed by atoms with Crippen molar-refractivity contribution in [2.75, 3.05) is 5.43 Å². The Morgan fingerprint density at radius 3 is 2.71 bits per heavy atom. The summed E-state index contributed by atoms with van der Waals surface area (Å²) in [5, 5.41) is 3.93. The van der Waals surface area contributed by atoms with Crippen molar-refractivity contribution in [3.8, 4) is 0 Å². The van der Waals surface area contributed by atoms with Crippen LogP contribution in [0.3, 0.4) is 0 Å². The van der Waals surface area contributed by atoms with Crippen LogP contribution >= 0.6 is 0 Å². The highest BCUT2D eigenvalue weighted by Gasteiger charge is 2.02. The predicted molar refractivity (Wildman–Crippen MR) is 80.0 cm³/mol. The normalized spacial score (nSPS) is 11.1. The molecule has 0 bridgehead atoms. The van der Waals surface area contributed by atoms with E-state index in [-0.39, 0.29) is 17.2 Å². The van der Waals surface area contributed by atoms with Gasteiger partial charge in [-0.15, -0.1) is 0 Å². The van der Waals surface area contributed by atoms with Crippen molar-refractivity contribution in [3.05, 3.63) is 70.3 Å². The number of anilines is 1. The average molecular weight is 282 g/mol. The molecule has 0 fully saturated rings. The summed E-state index contributed by atoms with van der Waals surface area (Å²) < 4.78 is 12.8. The maximum Gasteiger partial charge on any atom is 0.293 e. The largest absolute Gasteiger partial charge is 0.317 e. The van der Waals surface area contributed by atoms with Gasteiger partial charge in [0.2, 0.25) is 5.82 Å². The first-order chi connectivity index (χ1) is 10.2. The quantitative estimate of drug-likeness (QED) is 0.573. The van der Waals surface area contributed by atoms with Crippen LogP contribution in [0.5, 0.6) is 0 Å². The van der Waals surface area contributed by atoms with E-state index in [0.29, 0.717) is 16.6 Å². The average Bonchev–Trinajstić information content (AvgIpc) is 2.50. The Morgan fingerprint density at radius 1 is 1.14 bits per heavy atom. The minimum atomic E-state index is -0.357. The van der Waals surface area contributed by atoms with Crippen molar-refractivity contribution < 1.29 is 4.39 Å². The van der Waals surface area contributed by atoms with Gasteiger partial charge in [0.15, 0.2) is 0 Å². The number of fused-ring (bicyclic) bond motifs is 1. The summed E-state index contributed by atoms with van der Waals surface area (Å²) in [6.45, 7) is 0. The minimum Gasteiger partial charge on any atom is -0.317 e. The molecule has 21 heavy (non-hydrogen) atoms. The van der Waals surface area contributed by atoms with Crippen molar-refractivity contribution in [2.24, 2.45) is 5.10 Å².